The first-order chi connectivity index (χ1) is 16.3. The highest BCUT2D eigenvalue weighted by molar-refractivity contribution is 5.67. The molecule has 3 saturated heterocycles. The van der Waals surface area contributed by atoms with Gasteiger partial charge in [0.2, 0.25) is 5.88 Å². The number of hydrogen-bond donors (Lipinski definition) is 1. The molecule has 0 spiro atoms. The van der Waals surface area contributed by atoms with Crippen LogP contribution in [0.3, 0.4) is 0 Å². The van der Waals surface area contributed by atoms with Crippen LogP contribution in [0.15, 0.2) is 48.7 Å². The second-order valence-corrected chi connectivity index (χ2v) is 9.02. The van der Waals surface area contributed by atoms with Crippen molar-refractivity contribution in [1.82, 2.24) is 20.1 Å². The minimum Gasteiger partial charge on any atom is -0.476 e. The Balaban J connectivity index is 1.03. The number of ether oxygens (including phenoxy) is 2. The number of nitrogens with zero attached hydrogens (tertiary/aromatic N) is 4. The van der Waals surface area contributed by atoms with E-state index >= 15 is 0 Å². The van der Waals surface area contributed by atoms with Gasteiger partial charge >= 0.3 is 6.09 Å². The Labute approximate surface area is 195 Å². The minimum atomic E-state index is -0.238. The van der Waals surface area contributed by atoms with Crippen LogP contribution in [0.1, 0.15) is 18.4 Å². The lowest BCUT2D eigenvalue weighted by atomic mass is 10.2. The Hall–Kier alpha value is -2.84. The summed E-state index contributed by atoms with van der Waals surface area (Å²) in [7, 11) is 0. The van der Waals surface area contributed by atoms with Crippen LogP contribution in [0.25, 0.3) is 0 Å². The molecule has 1 aromatic carbocycles. The molecule has 2 unspecified atom stereocenters. The molecule has 4 heterocycles. The number of carbonyl (C=O) groups excluding carboxylic acids is 1. The number of anilines is 1. The van der Waals surface area contributed by atoms with Gasteiger partial charge < -0.3 is 24.6 Å². The summed E-state index contributed by atoms with van der Waals surface area (Å²) in [6.45, 7) is 6.82. The number of aromatic nitrogens is 1. The number of benzene rings is 1. The lowest BCUT2D eigenvalue weighted by Gasteiger charge is -2.37. The molecule has 2 atom stereocenters. The van der Waals surface area contributed by atoms with Crippen molar-refractivity contribution in [2.45, 2.75) is 31.5 Å². The van der Waals surface area contributed by atoms with Crippen LogP contribution in [-0.4, -0.2) is 85.4 Å². The lowest BCUT2D eigenvalue weighted by molar-refractivity contribution is 0.0682. The highest BCUT2D eigenvalue weighted by atomic mass is 16.6. The summed E-state index contributed by atoms with van der Waals surface area (Å²) >= 11 is 0. The van der Waals surface area contributed by atoms with E-state index in [1.54, 1.807) is 4.90 Å². The van der Waals surface area contributed by atoms with Gasteiger partial charge in [-0.1, -0.05) is 30.3 Å². The summed E-state index contributed by atoms with van der Waals surface area (Å²) in [5, 5.41) is 3.53. The first-order valence-corrected chi connectivity index (χ1v) is 12.0. The van der Waals surface area contributed by atoms with E-state index in [4.69, 9.17) is 9.47 Å². The van der Waals surface area contributed by atoms with Gasteiger partial charge in [-0.25, -0.2) is 9.78 Å². The maximum Gasteiger partial charge on any atom is 0.410 e. The molecule has 1 N–H and O–H groups in total. The van der Waals surface area contributed by atoms with Crippen molar-refractivity contribution in [1.29, 1.82) is 0 Å². The number of rotatable bonds is 7. The van der Waals surface area contributed by atoms with Crippen LogP contribution in [0.4, 0.5) is 10.5 Å². The van der Waals surface area contributed by atoms with Gasteiger partial charge in [0.25, 0.3) is 0 Å². The Bertz CT molecular complexity index is 903. The second kappa shape index (κ2) is 10.4. The van der Waals surface area contributed by atoms with Gasteiger partial charge in [0, 0.05) is 75.8 Å². The van der Waals surface area contributed by atoms with Gasteiger partial charge in [-0.05, 0) is 24.5 Å². The highest BCUT2D eigenvalue weighted by Gasteiger charge is 2.36. The largest absolute Gasteiger partial charge is 0.476 e. The average Bonchev–Trinajstić information content (AvgIpc) is 3.12. The standard InChI is InChI=1S/C25H33N5O3/c31-25(33-19-20-4-2-1-3-5-20)29-12-10-28(11-13-29)14-15-32-24-16-21(8-9-27-24)30-22-6-7-23(30)18-26-17-22/h1-5,8-9,16,22-23,26H,6-7,10-15,17-19H2. The fourth-order valence-electron chi connectivity index (χ4n) is 5.08. The van der Waals surface area contributed by atoms with Crippen LogP contribution in [0.2, 0.25) is 0 Å². The van der Waals surface area contributed by atoms with Crippen molar-refractivity contribution in [2.24, 2.45) is 0 Å². The van der Waals surface area contributed by atoms with Gasteiger partial charge in [-0.15, -0.1) is 0 Å². The molecule has 2 bridgehead atoms. The van der Waals surface area contributed by atoms with E-state index in [0.29, 0.717) is 44.3 Å². The highest BCUT2D eigenvalue weighted by Crippen LogP contribution is 2.33. The maximum atomic E-state index is 12.3. The molecule has 0 aliphatic carbocycles. The van der Waals surface area contributed by atoms with Gasteiger partial charge in [-0.2, -0.15) is 0 Å². The Morgan fingerprint density at radius 1 is 1.03 bits per heavy atom. The van der Waals surface area contributed by atoms with E-state index in [0.717, 1.165) is 38.3 Å². The lowest BCUT2D eigenvalue weighted by Crippen LogP contribution is -2.52. The van der Waals surface area contributed by atoms with Gasteiger partial charge in [0.15, 0.2) is 0 Å². The molecule has 33 heavy (non-hydrogen) atoms. The average molecular weight is 452 g/mol. The second-order valence-electron chi connectivity index (χ2n) is 9.02. The van der Waals surface area contributed by atoms with E-state index in [-0.39, 0.29) is 6.09 Å². The molecule has 5 rings (SSSR count). The summed E-state index contributed by atoms with van der Waals surface area (Å²) in [6.07, 6.45) is 4.12. The SMILES string of the molecule is O=C(OCc1ccccc1)N1CCN(CCOc2cc(N3C4CCC3CNC4)ccn2)CC1. The van der Waals surface area contributed by atoms with Crippen LogP contribution in [-0.2, 0) is 11.3 Å². The van der Waals surface area contributed by atoms with Crippen LogP contribution < -0.4 is 15.0 Å². The minimum absolute atomic E-state index is 0.238. The Kier molecular flexibility index (Phi) is 6.92. The summed E-state index contributed by atoms with van der Waals surface area (Å²) in [4.78, 5) is 23.4. The molecule has 0 radical (unpaired) electrons. The number of pyridine rings is 1. The zero-order chi connectivity index (χ0) is 22.5. The summed E-state index contributed by atoms with van der Waals surface area (Å²) in [5.41, 5.74) is 2.22. The molecule has 1 aromatic heterocycles. The number of amides is 1. The fraction of sp³-hybridized carbons (Fsp3) is 0.520. The first kappa shape index (κ1) is 22.0. The molecule has 176 valence electrons. The molecule has 3 aliphatic heterocycles. The summed E-state index contributed by atoms with van der Waals surface area (Å²) < 4.78 is 11.4. The van der Waals surface area contributed by atoms with E-state index in [9.17, 15) is 4.79 Å². The third-order valence-electron chi connectivity index (χ3n) is 6.89. The van der Waals surface area contributed by atoms with Gasteiger partial charge in [-0.3, -0.25) is 4.90 Å². The molecule has 3 aliphatic rings. The smallest absolute Gasteiger partial charge is 0.410 e. The third kappa shape index (κ3) is 5.39. The van der Waals surface area contributed by atoms with Crippen molar-refractivity contribution in [2.75, 3.05) is 57.3 Å². The number of nitrogens with one attached hydrogen (secondary N) is 1. The molecule has 2 aromatic rings. The molecule has 3 fully saturated rings. The molecule has 0 saturated carbocycles. The summed E-state index contributed by atoms with van der Waals surface area (Å²) in [6, 6.07) is 15.1. The molecule has 8 heteroatoms. The van der Waals surface area contributed by atoms with E-state index < -0.39 is 0 Å². The Morgan fingerprint density at radius 3 is 2.55 bits per heavy atom. The van der Waals surface area contributed by atoms with Crippen LogP contribution >= 0.6 is 0 Å². The number of piperazine rings is 2. The van der Waals surface area contributed by atoms with Crippen molar-refractivity contribution in [3.63, 3.8) is 0 Å². The molecular formula is C25H33N5O3. The zero-order valence-electron chi connectivity index (χ0n) is 19.1. The number of carbonyl (C=O) groups is 1. The van der Waals surface area contributed by atoms with Crippen LogP contribution in [0.5, 0.6) is 5.88 Å². The fourth-order valence-corrected chi connectivity index (χ4v) is 5.08. The molecule has 1 amide bonds. The van der Waals surface area contributed by atoms with Crippen molar-refractivity contribution >= 4 is 11.8 Å². The topological polar surface area (TPSA) is 70.2 Å². The van der Waals surface area contributed by atoms with Crippen LogP contribution in [0, 0.1) is 0 Å². The normalized spacial score (nSPS) is 22.9. The Morgan fingerprint density at radius 2 is 1.79 bits per heavy atom. The van der Waals surface area contributed by atoms with Crippen molar-refractivity contribution in [3.05, 3.63) is 54.2 Å². The third-order valence-corrected chi connectivity index (χ3v) is 6.89. The molecule has 8 nitrogen and oxygen atoms in total. The maximum absolute atomic E-state index is 12.3. The monoisotopic (exact) mass is 451 g/mol. The predicted octanol–water partition coefficient (Wildman–Crippen LogP) is 2.36. The van der Waals surface area contributed by atoms with Gasteiger partial charge in [0.05, 0.1) is 0 Å². The van der Waals surface area contributed by atoms with E-state index in [2.05, 4.69) is 32.2 Å². The molecular weight excluding hydrogens is 418 g/mol. The number of fused-ring (bicyclic) bond motifs is 2. The number of hydrogen-bond acceptors (Lipinski definition) is 7. The van der Waals surface area contributed by atoms with Crippen molar-refractivity contribution in [3.8, 4) is 5.88 Å². The quantitative estimate of drug-likeness (QED) is 0.693. The van der Waals surface area contributed by atoms with Crippen molar-refractivity contribution < 1.29 is 14.3 Å². The summed E-state index contributed by atoms with van der Waals surface area (Å²) in [5.74, 6) is 0.688. The van der Waals surface area contributed by atoms with E-state index in [1.807, 2.05) is 36.5 Å². The van der Waals surface area contributed by atoms with Gasteiger partial charge in [0.1, 0.15) is 13.2 Å². The predicted molar refractivity (Wildman–Crippen MR) is 127 cm³/mol. The first-order valence-electron chi connectivity index (χ1n) is 12.0. The van der Waals surface area contributed by atoms with E-state index in [1.165, 1.54) is 18.5 Å². The zero-order valence-corrected chi connectivity index (χ0v) is 19.1.